The van der Waals surface area contributed by atoms with E-state index < -0.39 is 0 Å². The Kier molecular flexibility index (Phi) is 3.97. The standard InChI is InChI=1S/C13H19FN2O/c1-10(15)13-11(14)4-2-5-12(13)16-6-3-8-17-9-7-16/h2,4-5,10H,3,6-9,15H2,1H3/t10-/m0/s1. The summed E-state index contributed by atoms with van der Waals surface area (Å²) in [5, 5.41) is 0. The first kappa shape index (κ1) is 12.3. The van der Waals surface area contributed by atoms with Crippen LogP contribution < -0.4 is 10.6 Å². The first-order valence-corrected chi connectivity index (χ1v) is 6.07. The van der Waals surface area contributed by atoms with Crippen molar-refractivity contribution in [2.75, 3.05) is 31.2 Å². The average molecular weight is 238 g/mol. The molecule has 94 valence electrons. The summed E-state index contributed by atoms with van der Waals surface area (Å²) in [6.07, 6.45) is 0.967. The van der Waals surface area contributed by atoms with E-state index in [2.05, 4.69) is 4.90 Å². The first-order valence-electron chi connectivity index (χ1n) is 6.07. The summed E-state index contributed by atoms with van der Waals surface area (Å²) in [4.78, 5) is 2.16. The Morgan fingerprint density at radius 2 is 2.18 bits per heavy atom. The van der Waals surface area contributed by atoms with Gasteiger partial charge in [0, 0.05) is 37.0 Å². The Morgan fingerprint density at radius 3 is 2.94 bits per heavy atom. The molecule has 1 atom stereocenters. The zero-order valence-corrected chi connectivity index (χ0v) is 10.2. The van der Waals surface area contributed by atoms with Crippen LogP contribution in [0, 0.1) is 5.82 Å². The number of benzene rings is 1. The highest BCUT2D eigenvalue weighted by atomic mass is 19.1. The number of halogens is 1. The maximum atomic E-state index is 13.8. The third-order valence-corrected chi connectivity index (χ3v) is 3.05. The second-order valence-corrected chi connectivity index (χ2v) is 4.41. The molecule has 1 fully saturated rings. The third kappa shape index (κ3) is 2.76. The molecule has 1 heterocycles. The minimum atomic E-state index is -0.296. The number of hydrogen-bond donors (Lipinski definition) is 1. The van der Waals surface area contributed by atoms with Gasteiger partial charge in [-0.25, -0.2) is 4.39 Å². The van der Waals surface area contributed by atoms with Gasteiger partial charge in [-0.15, -0.1) is 0 Å². The number of anilines is 1. The van der Waals surface area contributed by atoms with Gasteiger partial charge in [-0.1, -0.05) is 6.07 Å². The summed E-state index contributed by atoms with van der Waals surface area (Å²) in [5.74, 6) is -0.220. The fourth-order valence-corrected chi connectivity index (χ4v) is 2.24. The molecule has 1 saturated heterocycles. The van der Waals surface area contributed by atoms with Gasteiger partial charge in [-0.2, -0.15) is 0 Å². The van der Waals surface area contributed by atoms with Crippen LogP contribution in [0.1, 0.15) is 24.9 Å². The predicted molar refractivity (Wildman–Crippen MR) is 66.7 cm³/mol. The zero-order valence-electron chi connectivity index (χ0n) is 10.2. The fourth-order valence-electron chi connectivity index (χ4n) is 2.24. The van der Waals surface area contributed by atoms with Crippen LogP contribution in [0.4, 0.5) is 10.1 Å². The van der Waals surface area contributed by atoms with E-state index >= 15 is 0 Å². The number of nitrogens with zero attached hydrogens (tertiary/aromatic N) is 1. The molecule has 2 rings (SSSR count). The second-order valence-electron chi connectivity index (χ2n) is 4.41. The second kappa shape index (κ2) is 5.47. The van der Waals surface area contributed by atoms with Crippen molar-refractivity contribution in [3.8, 4) is 0 Å². The third-order valence-electron chi connectivity index (χ3n) is 3.05. The van der Waals surface area contributed by atoms with Gasteiger partial charge in [0.2, 0.25) is 0 Å². The van der Waals surface area contributed by atoms with E-state index in [0.717, 1.165) is 31.8 Å². The van der Waals surface area contributed by atoms with E-state index in [9.17, 15) is 4.39 Å². The van der Waals surface area contributed by atoms with Gasteiger partial charge in [-0.05, 0) is 25.5 Å². The summed E-state index contributed by atoms with van der Waals surface area (Å²) >= 11 is 0. The first-order chi connectivity index (χ1) is 8.20. The molecule has 4 heteroatoms. The number of hydrogen-bond acceptors (Lipinski definition) is 3. The van der Waals surface area contributed by atoms with Crippen molar-refractivity contribution in [1.29, 1.82) is 0 Å². The maximum Gasteiger partial charge on any atom is 0.130 e. The van der Waals surface area contributed by atoms with E-state index in [4.69, 9.17) is 10.5 Å². The van der Waals surface area contributed by atoms with Crippen LogP contribution in [0.5, 0.6) is 0 Å². The minimum Gasteiger partial charge on any atom is -0.380 e. The summed E-state index contributed by atoms with van der Waals surface area (Å²) < 4.78 is 19.2. The summed E-state index contributed by atoms with van der Waals surface area (Å²) in [6.45, 7) is 4.97. The smallest absolute Gasteiger partial charge is 0.130 e. The van der Waals surface area contributed by atoms with Crippen molar-refractivity contribution < 1.29 is 9.13 Å². The van der Waals surface area contributed by atoms with Crippen molar-refractivity contribution in [3.05, 3.63) is 29.6 Å². The van der Waals surface area contributed by atoms with Crippen LogP contribution in [-0.2, 0) is 4.74 Å². The molecule has 3 nitrogen and oxygen atoms in total. The monoisotopic (exact) mass is 238 g/mol. The fraction of sp³-hybridized carbons (Fsp3) is 0.538. The molecule has 0 radical (unpaired) electrons. The molecule has 1 aliphatic heterocycles. The van der Waals surface area contributed by atoms with Gasteiger partial charge in [0.15, 0.2) is 0 Å². The Labute approximate surface area is 101 Å². The quantitative estimate of drug-likeness (QED) is 0.857. The van der Waals surface area contributed by atoms with E-state index in [0.29, 0.717) is 12.2 Å². The van der Waals surface area contributed by atoms with Crippen molar-refractivity contribution in [2.24, 2.45) is 5.73 Å². The lowest BCUT2D eigenvalue weighted by Crippen LogP contribution is -2.28. The van der Waals surface area contributed by atoms with Gasteiger partial charge in [0.05, 0.1) is 6.61 Å². The molecule has 0 unspecified atom stereocenters. The highest BCUT2D eigenvalue weighted by Gasteiger charge is 2.18. The molecular weight excluding hydrogens is 219 g/mol. The van der Waals surface area contributed by atoms with Crippen molar-refractivity contribution in [1.82, 2.24) is 0 Å². The van der Waals surface area contributed by atoms with Crippen LogP contribution >= 0.6 is 0 Å². The molecule has 0 saturated carbocycles. The lowest BCUT2D eigenvalue weighted by Gasteiger charge is -2.26. The number of rotatable bonds is 2. The predicted octanol–water partition coefficient (Wildman–Crippen LogP) is 2.07. The molecule has 2 N–H and O–H groups in total. The Morgan fingerprint density at radius 1 is 1.35 bits per heavy atom. The van der Waals surface area contributed by atoms with Crippen molar-refractivity contribution in [3.63, 3.8) is 0 Å². The van der Waals surface area contributed by atoms with Crippen LogP contribution in [0.3, 0.4) is 0 Å². The number of ether oxygens (including phenoxy) is 1. The van der Waals surface area contributed by atoms with Crippen LogP contribution in [-0.4, -0.2) is 26.3 Å². The minimum absolute atomic E-state index is 0.220. The summed E-state index contributed by atoms with van der Waals surface area (Å²) in [7, 11) is 0. The molecule has 1 aromatic carbocycles. The summed E-state index contributed by atoms with van der Waals surface area (Å²) in [6, 6.07) is 4.85. The Hall–Kier alpha value is -1.13. The lowest BCUT2D eigenvalue weighted by molar-refractivity contribution is 0.152. The van der Waals surface area contributed by atoms with Gasteiger partial charge in [0.1, 0.15) is 5.82 Å². The SMILES string of the molecule is C[C@H](N)c1c(F)cccc1N1CCCOCC1. The molecular formula is C13H19FN2O. The van der Waals surface area contributed by atoms with Gasteiger partial charge in [-0.3, -0.25) is 0 Å². The topological polar surface area (TPSA) is 38.5 Å². The Balaban J connectivity index is 2.32. The number of nitrogens with two attached hydrogens (primary N) is 1. The average Bonchev–Trinajstić information content (AvgIpc) is 2.56. The van der Waals surface area contributed by atoms with E-state index in [-0.39, 0.29) is 11.9 Å². The van der Waals surface area contributed by atoms with Gasteiger partial charge >= 0.3 is 0 Å². The van der Waals surface area contributed by atoms with Crippen molar-refractivity contribution in [2.45, 2.75) is 19.4 Å². The molecule has 0 aromatic heterocycles. The lowest BCUT2D eigenvalue weighted by atomic mass is 10.0. The van der Waals surface area contributed by atoms with Crippen LogP contribution in [0.2, 0.25) is 0 Å². The van der Waals surface area contributed by atoms with Crippen LogP contribution in [0.15, 0.2) is 18.2 Å². The van der Waals surface area contributed by atoms with Gasteiger partial charge in [0.25, 0.3) is 0 Å². The van der Waals surface area contributed by atoms with E-state index in [1.807, 2.05) is 13.0 Å². The highest BCUT2D eigenvalue weighted by Crippen LogP contribution is 2.28. The molecule has 17 heavy (non-hydrogen) atoms. The van der Waals surface area contributed by atoms with Crippen molar-refractivity contribution >= 4 is 5.69 Å². The normalized spacial score (nSPS) is 18.9. The molecule has 0 bridgehead atoms. The Bertz CT molecular complexity index is 374. The molecule has 0 amide bonds. The van der Waals surface area contributed by atoms with Crippen LogP contribution in [0.25, 0.3) is 0 Å². The highest BCUT2D eigenvalue weighted by molar-refractivity contribution is 5.55. The van der Waals surface area contributed by atoms with Gasteiger partial charge < -0.3 is 15.4 Å². The molecule has 0 aliphatic carbocycles. The summed E-state index contributed by atoms with van der Waals surface area (Å²) in [5.41, 5.74) is 7.38. The largest absolute Gasteiger partial charge is 0.380 e. The zero-order chi connectivity index (χ0) is 12.3. The molecule has 1 aromatic rings. The molecule has 0 spiro atoms. The van der Waals surface area contributed by atoms with E-state index in [1.165, 1.54) is 6.07 Å². The molecule has 1 aliphatic rings. The van der Waals surface area contributed by atoms with E-state index in [1.54, 1.807) is 6.07 Å². The maximum absolute atomic E-state index is 13.8.